The van der Waals surface area contributed by atoms with E-state index in [4.69, 9.17) is 17.3 Å². The molecule has 15 heavy (non-hydrogen) atoms. The lowest BCUT2D eigenvalue weighted by molar-refractivity contribution is -0.0522. The molecule has 0 spiro atoms. The Morgan fingerprint density at radius 1 is 1.40 bits per heavy atom. The highest BCUT2D eigenvalue weighted by atomic mass is 35.5. The third-order valence-electron chi connectivity index (χ3n) is 2.56. The van der Waals surface area contributed by atoms with Crippen molar-refractivity contribution in [3.63, 3.8) is 0 Å². The second-order valence-electron chi connectivity index (χ2n) is 3.71. The largest absolute Gasteiger partial charge is 0.385 e. The summed E-state index contributed by atoms with van der Waals surface area (Å²) in [6.07, 6.45) is 1.26. The van der Waals surface area contributed by atoms with E-state index in [0.717, 1.165) is 5.56 Å². The highest BCUT2D eigenvalue weighted by molar-refractivity contribution is 6.30. The molecule has 1 aliphatic rings. The molecule has 1 aliphatic carbocycles. The molecule has 0 aliphatic heterocycles. The van der Waals surface area contributed by atoms with E-state index in [0.29, 0.717) is 17.9 Å². The van der Waals surface area contributed by atoms with Gasteiger partial charge in [-0.1, -0.05) is 37.6 Å². The first-order chi connectivity index (χ1) is 7.10. The highest BCUT2D eigenvalue weighted by Gasteiger charge is 2.42. The molecule has 0 bridgehead atoms. The van der Waals surface area contributed by atoms with Crippen molar-refractivity contribution in [2.75, 3.05) is 0 Å². The Kier molecular flexibility index (Phi) is 4.14. The summed E-state index contributed by atoms with van der Waals surface area (Å²) in [4.78, 5) is 0. The number of aliphatic hydroxyl groups is 1. The van der Waals surface area contributed by atoms with Crippen molar-refractivity contribution in [3.05, 3.63) is 34.9 Å². The first-order valence-corrected chi connectivity index (χ1v) is 5.72. The van der Waals surface area contributed by atoms with E-state index in [1.165, 1.54) is 0 Å². The lowest BCUT2D eigenvalue weighted by Crippen LogP contribution is -2.49. The van der Waals surface area contributed by atoms with Gasteiger partial charge in [-0.2, -0.15) is 0 Å². The van der Waals surface area contributed by atoms with Crippen LogP contribution in [0.5, 0.6) is 0 Å². The van der Waals surface area contributed by atoms with Crippen LogP contribution in [0.4, 0.5) is 0 Å². The standard InChI is InChI=1S/C10H12ClNO.C2H6/c11-8-3-1-2-7(4-8)10(13)5-9(12)6-10;1-2/h1-4,9,13H,5-6,12H2;1-2H3. The lowest BCUT2D eigenvalue weighted by atomic mass is 9.72. The van der Waals surface area contributed by atoms with Crippen LogP contribution in [-0.4, -0.2) is 11.1 Å². The van der Waals surface area contributed by atoms with Crippen LogP contribution in [0.2, 0.25) is 5.02 Å². The number of halogens is 1. The van der Waals surface area contributed by atoms with Gasteiger partial charge in [0.05, 0.1) is 5.60 Å². The Morgan fingerprint density at radius 3 is 2.47 bits per heavy atom. The van der Waals surface area contributed by atoms with Crippen LogP contribution in [0.25, 0.3) is 0 Å². The quantitative estimate of drug-likeness (QED) is 0.775. The van der Waals surface area contributed by atoms with E-state index in [2.05, 4.69) is 0 Å². The molecule has 2 nitrogen and oxygen atoms in total. The minimum Gasteiger partial charge on any atom is -0.385 e. The van der Waals surface area contributed by atoms with Crippen molar-refractivity contribution in [1.29, 1.82) is 0 Å². The van der Waals surface area contributed by atoms with Crippen LogP contribution >= 0.6 is 11.6 Å². The van der Waals surface area contributed by atoms with Crippen LogP contribution in [0.15, 0.2) is 24.3 Å². The molecule has 3 N–H and O–H groups in total. The summed E-state index contributed by atoms with van der Waals surface area (Å²) in [5.41, 5.74) is 5.78. The van der Waals surface area contributed by atoms with Gasteiger partial charge < -0.3 is 10.8 Å². The predicted molar refractivity (Wildman–Crippen MR) is 63.9 cm³/mol. The third kappa shape index (κ3) is 2.71. The zero-order valence-electron chi connectivity index (χ0n) is 9.20. The summed E-state index contributed by atoms with van der Waals surface area (Å²) in [7, 11) is 0. The first kappa shape index (κ1) is 12.5. The van der Waals surface area contributed by atoms with Crippen LogP contribution in [0.1, 0.15) is 32.3 Å². The van der Waals surface area contributed by atoms with Crippen LogP contribution in [0, 0.1) is 0 Å². The molecule has 1 aromatic carbocycles. The van der Waals surface area contributed by atoms with Crippen LogP contribution in [-0.2, 0) is 5.60 Å². The van der Waals surface area contributed by atoms with Crippen molar-refractivity contribution in [3.8, 4) is 0 Å². The molecule has 1 fully saturated rings. The molecular weight excluding hydrogens is 210 g/mol. The minimum absolute atomic E-state index is 0.129. The lowest BCUT2D eigenvalue weighted by Gasteiger charge is -2.42. The van der Waals surface area contributed by atoms with Crippen molar-refractivity contribution in [1.82, 2.24) is 0 Å². The second-order valence-corrected chi connectivity index (χ2v) is 4.15. The van der Waals surface area contributed by atoms with Gasteiger partial charge in [0.2, 0.25) is 0 Å². The summed E-state index contributed by atoms with van der Waals surface area (Å²) in [5, 5.41) is 10.7. The Bertz CT molecular complexity index is 321. The number of nitrogens with two attached hydrogens (primary N) is 1. The molecule has 0 aromatic heterocycles. The molecule has 0 heterocycles. The van der Waals surface area contributed by atoms with Crippen molar-refractivity contribution in [2.24, 2.45) is 5.73 Å². The van der Waals surface area contributed by atoms with E-state index < -0.39 is 5.60 Å². The fraction of sp³-hybridized carbons (Fsp3) is 0.500. The summed E-state index contributed by atoms with van der Waals surface area (Å²) in [6, 6.07) is 7.46. The Morgan fingerprint density at radius 2 is 2.00 bits per heavy atom. The average Bonchev–Trinajstić information content (AvgIpc) is 2.19. The zero-order chi connectivity index (χ0) is 11.5. The smallest absolute Gasteiger partial charge is 0.0926 e. The third-order valence-corrected chi connectivity index (χ3v) is 2.80. The van der Waals surface area contributed by atoms with Gasteiger partial charge in [-0.05, 0) is 30.5 Å². The van der Waals surface area contributed by atoms with Gasteiger partial charge in [0.15, 0.2) is 0 Å². The van der Waals surface area contributed by atoms with E-state index in [9.17, 15) is 5.11 Å². The summed E-state index contributed by atoms with van der Waals surface area (Å²) in [5.74, 6) is 0. The van der Waals surface area contributed by atoms with Gasteiger partial charge in [0, 0.05) is 11.1 Å². The fourth-order valence-electron chi connectivity index (χ4n) is 1.82. The van der Waals surface area contributed by atoms with Gasteiger partial charge in [0.1, 0.15) is 0 Å². The molecule has 1 aromatic rings. The summed E-state index contributed by atoms with van der Waals surface area (Å²) in [6.45, 7) is 4.00. The first-order valence-electron chi connectivity index (χ1n) is 5.34. The van der Waals surface area contributed by atoms with Crippen molar-refractivity contribution >= 4 is 11.6 Å². The summed E-state index contributed by atoms with van der Waals surface area (Å²) < 4.78 is 0. The fourth-order valence-corrected chi connectivity index (χ4v) is 2.01. The molecule has 84 valence electrons. The highest BCUT2D eigenvalue weighted by Crippen LogP contribution is 2.40. The molecule has 0 unspecified atom stereocenters. The maximum absolute atomic E-state index is 10.0. The van der Waals surface area contributed by atoms with Gasteiger partial charge in [-0.25, -0.2) is 0 Å². The maximum Gasteiger partial charge on any atom is 0.0926 e. The molecule has 1 saturated carbocycles. The predicted octanol–water partition coefficient (Wildman–Crippen LogP) is 2.67. The van der Waals surface area contributed by atoms with Gasteiger partial charge in [0.25, 0.3) is 0 Å². The maximum atomic E-state index is 10.0. The molecule has 0 saturated heterocycles. The van der Waals surface area contributed by atoms with Gasteiger partial charge in [-0.15, -0.1) is 0 Å². The van der Waals surface area contributed by atoms with Crippen LogP contribution < -0.4 is 5.73 Å². The summed E-state index contributed by atoms with van der Waals surface area (Å²) >= 11 is 5.83. The second kappa shape index (κ2) is 4.97. The van der Waals surface area contributed by atoms with Crippen molar-refractivity contribution < 1.29 is 5.11 Å². The Hall–Kier alpha value is -0.570. The zero-order valence-corrected chi connectivity index (χ0v) is 9.96. The molecule has 0 atom stereocenters. The molecular formula is C12H18ClNO. The topological polar surface area (TPSA) is 46.2 Å². The SMILES string of the molecule is CC.NC1CC(O)(c2cccc(Cl)c2)C1. The monoisotopic (exact) mass is 227 g/mol. The van der Waals surface area contributed by atoms with E-state index >= 15 is 0 Å². The number of hydrogen-bond donors (Lipinski definition) is 2. The van der Waals surface area contributed by atoms with Gasteiger partial charge >= 0.3 is 0 Å². The average molecular weight is 228 g/mol. The molecule has 2 rings (SSSR count). The number of benzene rings is 1. The Labute approximate surface area is 96.1 Å². The number of rotatable bonds is 1. The van der Waals surface area contributed by atoms with E-state index in [1.54, 1.807) is 12.1 Å². The van der Waals surface area contributed by atoms with Gasteiger partial charge in [-0.3, -0.25) is 0 Å². The van der Waals surface area contributed by atoms with Crippen molar-refractivity contribution in [2.45, 2.75) is 38.3 Å². The van der Waals surface area contributed by atoms with E-state index in [-0.39, 0.29) is 6.04 Å². The normalized spacial score (nSPS) is 28.7. The molecule has 0 amide bonds. The van der Waals surface area contributed by atoms with Crippen LogP contribution in [0.3, 0.4) is 0 Å². The number of hydrogen-bond acceptors (Lipinski definition) is 2. The molecule has 3 heteroatoms. The van der Waals surface area contributed by atoms with E-state index in [1.807, 2.05) is 26.0 Å². The Balaban J connectivity index is 0.000000531. The molecule has 0 radical (unpaired) electrons. The minimum atomic E-state index is -0.732.